The van der Waals surface area contributed by atoms with Crippen molar-refractivity contribution in [1.82, 2.24) is 9.97 Å². The van der Waals surface area contributed by atoms with E-state index < -0.39 is 0 Å². The van der Waals surface area contributed by atoms with Crippen molar-refractivity contribution >= 4 is 16.7 Å². The minimum atomic E-state index is 0.558. The summed E-state index contributed by atoms with van der Waals surface area (Å²) in [5, 5.41) is 4.36. The second kappa shape index (κ2) is 7.75. The van der Waals surface area contributed by atoms with E-state index in [4.69, 9.17) is 9.47 Å². The maximum atomic E-state index is 5.72. The van der Waals surface area contributed by atoms with Crippen LogP contribution in [0.25, 0.3) is 10.9 Å². The number of benzene rings is 2. The van der Waals surface area contributed by atoms with Crippen molar-refractivity contribution in [3.05, 3.63) is 59.9 Å². The Morgan fingerprint density at radius 1 is 1.08 bits per heavy atom. The molecule has 124 valence electrons. The Morgan fingerprint density at radius 3 is 2.83 bits per heavy atom. The van der Waals surface area contributed by atoms with E-state index in [1.165, 1.54) is 0 Å². The van der Waals surface area contributed by atoms with Gasteiger partial charge in [0.05, 0.1) is 25.8 Å². The molecule has 0 saturated heterocycles. The van der Waals surface area contributed by atoms with Crippen LogP contribution in [0.4, 0.5) is 5.82 Å². The minimum Gasteiger partial charge on any atom is -0.497 e. The minimum absolute atomic E-state index is 0.558. The van der Waals surface area contributed by atoms with E-state index in [9.17, 15) is 0 Å². The molecule has 0 fully saturated rings. The van der Waals surface area contributed by atoms with Crippen molar-refractivity contribution in [3.8, 4) is 5.75 Å². The average Bonchev–Trinajstić information content (AvgIpc) is 2.62. The summed E-state index contributed by atoms with van der Waals surface area (Å²) in [5.41, 5.74) is 3.22. The van der Waals surface area contributed by atoms with Crippen LogP contribution in [0.2, 0.25) is 0 Å². The molecule has 1 heterocycles. The molecule has 3 rings (SSSR count). The molecule has 24 heavy (non-hydrogen) atoms. The van der Waals surface area contributed by atoms with Gasteiger partial charge in [0.25, 0.3) is 0 Å². The van der Waals surface area contributed by atoms with Crippen LogP contribution in [0.1, 0.15) is 11.1 Å². The van der Waals surface area contributed by atoms with E-state index in [0.717, 1.165) is 33.6 Å². The van der Waals surface area contributed by atoms with Crippen molar-refractivity contribution in [1.29, 1.82) is 0 Å². The van der Waals surface area contributed by atoms with E-state index in [1.807, 2.05) is 36.4 Å². The maximum absolute atomic E-state index is 5.72. The summed E-state index contributed by atoms with van der Waals surface area (Å²) < 4.78 is 10.9. The van der Waals surface area contributed by atoms with Crippen molar-refractivity contribution in [2.45, 2.75) is 13.5 Å². The van der Waals surface area contributed by atoms with Gasteiger partial charge in [0.2, 0.25) is 0 Å². The number of rotatable bonds is 7. The quantitative estimate of drug-likeness (QED) is 0.674. The number of aromatic nitrogens is 2. The van der Waals surface area contributed by atoms with Gasteiger partial charge in [-0.2, -0.15) is 0 Å². The highest BCUT2D eigenvalue weighted by molar-refractivity contribution is 5.90. The Hall–Kier alpha value is -2.66. The van der Waals surface area contributed by atoms with Crippen molar-refractivity contribution < 1.29 is 9.47 Å². The Bertz CT molecular complexity index is 821. The summed E-state index contributed by atoms with van der Waals surface area (Å²) in [5.74, 6) is 1.69. The van der Waals surface area contributed by atoms with Gasteiger partial charge in [0.15, 0.2) is 0 Å². The van der Waals surface area contributed by atoms with Crippen molar-refractivity contribution in [2.75, 3.05) is 25.6 Å². The number of para-hydroxylation sites is 1. The predicted molar refractivity (Wildman–Crippen MR) is 95.4 cm³/mol. The van der Waals surface area contributed by atoms with Gasteiger partial charge in [0.1, 0.15) is 17.9 Å². The van der Waals surface area contributed by atoms with E-state index in [-0.39, 0.29) is 0 Å². The number of nitrogens with one attached hydrogen (secondary N) is 1. The molecule has 0 amide bonds. The van der Waals surface area contributed by atoms with Gasteiger partial charge in [0, 0.05) is 11.9 Å². The molecule has 5 nitrogen and oxygen atoms in total. The van der Waals surface area contributed by atoms with Gasteiger partial charge < -0.3 is 14.8 Å². The molecular formula is C19H21N3O2. The van der Waals surface area contributed by atoms with Gasteiger partial charge >= 0.3 is 0 Å². The number of aryl methyl sites for hydroxylation is 1. The van der Waals surface area contributed by atoms with Crippen LogP contribution >= 0.6 is 0 Å². The highest BCUT2D eigenvalue weighted by Crippen LogP contribution is 2.21. The summed E-state index contributed by atoms with van der Waals surface area (Å²) in [6, 6.07) is 14.0. The first-order valence-electron chi connectivity index (χ1n) is 7.93. The summed E-state index contributed by atoms with van der Waals surface area (Å²) in [6.07, 6.45) is 1.59. The van der Waals surface area contributed by atoms with Crippen LogP contribution in [0.15, 0.2) is 48.8 Å². The summed E-state index contributed by atoms with van der Waals surface area (Å²) in [6.45, 7) is 3.89. The molecule has 1 N–H and O–H groups in total. The Balaban J connectivity index is 1.53. The van der Waals surface area contributed by atoms with Crippen LogP contribution in [0.5, 0.6) is 5.75 Å². The molecule has 3 aromatic rings. The number of ether oxygens (including phenoxy) is 2. The summed E-state index contributed by atoms with van der Waals surface area (Å²) in [4.78, 5) is 8.68. The van der Waals surface area contributed by atoms with E-state index in [1.54, 1.807) is 13.4 Å². The first-order chi connectivity index (χ1) is 11.8. The smallest absolute Gasteiger partial charge is 0.137 e. The SMILES string of the molecule is COc1cccc(COCCNc2ncnc3c(C)cccc23)c1. The third-order valence-electron chi connectivity index (χ3n) is 3.81. The lowest BCUT2D eigenvalue weighted by molar-refractivity contribution is 0.130. The average molecular weight is 323 g/mol. The molecule has 0 unspecified atom stereocenters. The summed E-state index contributed by atoms with van der Waals surface area (Å²) >= 11 is 0. The second-order valence-corrected chi connectivity index (χ2v) is 5.52. The van der Waals surface area contributed by atoms with E-state index >= 15 is 0 Å². The first kappa shape index (κ1) is 16.2. The highest BCUT2D eigenvalue weighted by atomic mass is 16.5. The largest absolute Gasteiger partial charge is 0.497 e. The molecule has 1 aromatic heterocycles. The first-order valence-corrected chi connectivity index (χ1v) is 7.93. The second-order valence-electron chi connectivity index (χ2n) is 5.52. The number of anilines is 1. The van der Waals surface area contributed by atoms with Crippen LogP contribution in [-0.2, 0) is 11.3 Å². The molecule has 0 aliphatic heterocycles. The van der Waals surface area contributed by atoms with Crippen LogP contribution < -0.4 is 10.1 Å². The zero-order valence-corrected chi connectivity index (χ0v) is 14.0. The number of hydrogen-bond acceptors (Lipinski definition) is 5. The highest BCUT2D eigenvalue weighted by Gasteiger charge is 2.04. The van der Waals surface area contributed by atoms with Crippen LogP contribution in [0, 0.1) is 6.92 Å². The molecular weight excluding hydrogens is 302 g/mol. The molecule has 0 bridgehead atoms. The van der Waals surface area contributed by atoms with Crippen LogP contribution in [0.3, 0.4) is 0 Å². The molecule has 0 atom stereocenters. The maximum Gasteiger partial charge on any atom is 0.137 e. The molecule has 2 aromatic carbocycles. The number of fused-ring (bicyclic) bond motifs is 1. The zero-order valence-electron chi connectivity index (χ0n) is 14.0. The molecule has 0 radical (unpaired) electrons. The summed E-state index contributed by atoms with van der Waals surface area (Å²) in [7, 11) is 1.66. The standard InChI is InChI=1S/C19H21N3O2/c1-14-5-3-8-17-18(14)21-13-22-19(17)20-9-10-24-12-15-6-4-7-16(11-15)23-2/h3-8,11,13H,9-10,12H2,1-2H3,(H,20,21,22). The zero-order chi connectivity index (χ0) is 16.8. The fourth-order valence-electron chi connectivity index (χ4n) is 2.57. The van der Waals surface area contributed by atoms with Gasteiger partial charge in [-0.25, -0.2) is 9.97 Å². The number of nitrogens with zero attached hydrogens (tertiary/aromatic N) is 2. The molecule has 0 aliphatic carbocycles. The topological polar surface area (TPSA) is 56.3 Å². The van der Waals surface area contributed by atoms with Gasteiger partial charge in [-0.05, 0) is 36.2 Å². The fourth-order valence-corrected chi connectivity index (χ4v) is 2.57. The Kier molecular flexibility index (Phi) is 5.23. The number of methoxy groups -OCH3 is 1. The predicted octanol–water partition coefficient (Wildman–Crippen LogP) is 3.58. The third kappa shape index (κ3) is 3.81. The monoisotopic (exact) mass is 323 g/mol. The fraction of sp³-hybridized carbons (Fsp3) is 0.263. The Labute approximate surface area is 141 Å². The van der Waals surface area contributed by atoms with Gasteiger partial charge in [-0.3, -0.25) is 0 Å². The Morgan fingerprint density at radius 2 is 1.96 bits per heavy atom. The number of hydrogen-bond donors (Lipinski definition) is 1. The molecule has 0 aliphatic rings. The lowest BCUT2D eigenvalue weighted by atomic mass is 10.1. The lowest BCUT2D eigenvalue weighted by Gasteiger charge is -2.10. The van der Waals surface area contributed by atoms with Crippen molar-refractivity contribution in [3.63, 3.8) is 0 Å². The molecule has 5 heteroatoms. The normalized spacial score (nSPS) is 10.8. The van der Waals surface area contributed by atoms with Crippen molar-refractivity contribution in [2.24, 2.45) is 0 Å². The van der Waals surface area contributed by atoms with E-state index in [2.05, 4.69) is 28.3 Å². The van der Waals surface area contributed by atoms with Crippen LogP contribution in [-0.4, -0.2) is 30.2 Å². The molecule has 0 saturated carbocycles. The van der Waals surface area contributed by atoms with Gasteiger partial charge in [-0.1, -0.05) is 24.3 Å². The van der Waals surface area contributed by atoms with E-state index in [0.29, 0.717) is 19.8 Å². The lowest BCUT2D eigenvalue weighted by Crippen LogP contribution is -2.11. The third-order valence-corrected chi connectivity index (χ3v) is 3.81. The van der Waals surface area contributed by atoms with Gasteiger partial charge in [-0.15, -0.1) is 0 Å². The molecule has 0 spiro atoms.